The van der Waals surface area contributed by atoms with Gasteiger partial charge in [0.15, 0.2) is 6.20 Å². The van der Waals surface area contributed by atoms with Gasteiger partial charge >= 0.3 is 0 Å². The zero-order valence-corrected chi connectivity index (χ0v) is 18.6. The molecular formula is C26H30NS+. The molecule has 1 nitrogen and oxygen atoms in total. The van der Waals surface area contributed by atoms with Gasteiger partial charge in [-0.1, -0.05) is 39.8 Å². The Kier molecular flexibility index (Phi) is 5.01. The predicted octanol–water partition coefficient (Wildman–Crippen LogP) is 7.25. The Labute approximate surface area is 172 Å². The van der Waals surface area contributed by atoms with Gasteiger partial charge in [-0.25, -0.2) is 4.57 Å². The van der Waals surface area contributed by atoms with Crippen molar-refractivity contribution in [1.29, 1.82) is 0 Å². The van der Waals surface area contributed by atoms with Gasteiger partial charge in [-0.15, -0.1) is 11.3 Å². The Morgan fingerprint density at radius 2 is 1.61 bits per heavy atom. The number of thiophene rings is 1. The van der Waals surface area contributed by atoms with Crippen molar-refractivity contribution in [1.82, 2.24) is 0 Å². The topological polar surface area (TPSA) is 3.88 Å². The number of hydrogen-bond acceptors (Lipinski definition) is 1. The van der Waals surface area contributed by atoms with Crippen LogP contribution in [0.1, 0.15) is 44.7 Å². The minimum atomic E-state index is 0.589. The predicted molar refractivity (Wildman–Crippen MR) is 123 cm³/mol. The van der Waals surface area contributed by atoms with Gasteiger partial charge in [0, 0.05) is 10.8 Å². The lowest BCUT2D eigenvalue weighted by Crippen LogP contribution is -2.30. The Morgan fingerprint density at radius 3 is 2.32 bits per heavy atom. The lowest BCUT2D eigenvalue weighted by atomic mass is 9.79. The van der Waals surface area contributed by atoms with Crippen LogP contribution in [0.3, 0.4) is 0 Å². The third-order valence-corrected chi connectivity index (χ3v) is 6.92. The van der Waals surface area contributed by atoms with Crippen LogP contribution in [0.4, 0.5) is 0 Å². The van der Waals surface area contributed by atoms with E-state index in [0.29, 0.717) is 17.8 Å². The summed E-state index contributed by atoms with van der Waals surface area (Å²) in [5.41, 5.74) is 5.44. The van der Waals surface area contributed by atoms with Crippen molar-refractivity contribution in [3.05, 3.63) is 65.2 Å². The number of pyridine rings is 1. The fourth-order valence-corrected chi connectivity index (χ4v) is 5.66. The number of hydrogen-bond donors (Lipinski definition) is 0. The van der Waals surface area contributed by atoms with Crippen LogP contribution in [0.2, 0.25) is 0 Å². The summed E-state index contributed by atoms with van der Waals surface area (Å²) in [7, 11) is 2.16. The quantitative estimate of drug-likeness (QED) is 0.324. The van der Waals surface area contributed by atoms with E-state index >= 15 is 0 Å². The molecule has 0 saturated heterocycles. The Morgan fingerprint density at radius 1 is 0.857 bits per heavy atom. The maximum absolute atomic E-state index is 2.42. The number of benzene rings is 2. The van der Waals surface area contributed by atoms with Crippen molar-refractivity contribution < 1.29 is 4.57 Å². The SMILES string of the molecule is Cc1cc2ccsc2cc1-c1c2ccc(C(C(C)C)C(C)C)cc2cc[n+]1C. The number of rotatable bonds is 4. The molecule has 0 amide bonds. The van der Waals surface area contributed by atoms with E-state index < -0.39 is 0 Å². The van der Waals surface area contributed by atoms with Crippen LogP contribution in [0.5, 0.6) is 0 Å². The van der Waals surface area contributed by atoms with E-state index in [1.807, 2.05) is 11.3 Å². The third kappa shape index (κ3) is 3.24. The summed E-state index contributed by atoms with van der Waals surface area (Å²) in [5, 5.41) is 6.19. The molecule has 144 valence electrons. The molecule has 2 heteroatoms. The summed E-state index contributed by atoms with van der Waals surface area (Å²) in [6.45, 7) is 11.6. The van der Waals surface area contributed by atoms with Gasteiger partial charge in [0.1, 0.15) is 7.05 Å². The zero-order chi connectivity index (χ0) is 20.0. The Bertz CT molecular complexity index is 1140. The average molecular weight is 389 g/mol. The van der Waals surface area contributed by atoms with Gasteiger partial charge in [-0.2, -0.15) is 0 Å². The van der Waals surface area contributed by atoms with Crippen molar-refractivity contribution in [2.24, 2.45) is 18.9 Å². The molecule has 28 heavy (non-hydrogen) atoms. The highest BCUT2D eigenvalue weighted by Gasteiger charge is 2.22. The number of aromatic nitrogens is 1. The van der Waals surface area contributed by atoms with Crippen molar-refractivity contribution in [3.8, 4) is 11.3 Å². The highest BCUT2D eigenvalue weighted by Crippen LogP contribution is 2.36. The van der Waals surface area contributed by atoms with E-state index in [2.05, 4.69) is 100 Å². The molecule has 0 spiro atoms. The van der Waals surface area contributed by atoms with Crippen molar-refractivity contribution >= 4 is 32.2 Å². The molecule has 0 aliphatic carbocycles. The molecule has 0 saturated carbocycles. The van der Waals surface area contributed by atoms with Crippen LogP contribution < -0.4 is 4.57 Å². The molecule has 0 radical (unpaired) electrons. The van der Waals surface area contributed by atoms with Gasteiger partial charge in [0.25, 0.3) is 0 Å². The van der Waals surface area contributed by atoms with Crippen LogP contribution in [0, 0.1) is 18.8 Å². The second kappa shape index (κ2) is 7.33. The van der Waals surface area contributed by atoms with Crippen molar-refractivity contribution in [2.45, 2.75) is 40.5 Å². The molecular weight excluding hydrogens is 358 g/mol. The fraction of sp³-hybridized carbons (Fsp3) is 0.346. The summed E-state index contributed by atoms with van der Waals surface area (Å²) in [5.74, 6) is 1.87. The lowest BCUT2D eigenvalue weighted by Gasteiger charge is -2.25. The van der Waals surface area contributed by atoms with Crippen molar-refractivity contribution in [2.75, 3.05) is 0 Å². The van der Waals surface area contributed by atoms with Gasteiger partial charge in [0.2, 0.25) is 5.69 Å². The monoisotopic (exact) mass is 388 g/mol. The average Bonchev–Trinajstić information content (AvgIpc) is 3.08. The summed E-state index contributed by atoms with van der Waals surface area (Å²) >= 11 is 1.82. The molecule has 4 aromatic rings. The highest BCUT2D eigenvalue weighted by molar-refractivity contribution is 7.17. The standard InChI is InChI=1S/C26H30NS/c1-16(2)25(17(3)4)21-7-8-22-19(14-21)9-11-27(6)26(22)23-15-24-20(10-12-28-24)13-18(23)5/h7-17,25H,1-6H3/q+1. The first-order valence-electron chi connectivity index (χ1n) is 10.3. The first-order valence-corrected chi connectivity index (χ1v) is 11.1. The minimum absolute atomic E-state index is 0.589. The Balaban J connectivity index is 1.93. The maximum Gasteiger partial charge on any atom is 0.220 e. The molecule has 0 aliphatic heterocycles. The second-order valence-electron chi connectivity index (χ2n) is 8.76. The Hall–Kier alpha value is -2.19. The van der Waals surface area contributed by atoms with E-state index in [9.17, 15) is 0 Å². The molecule has 2 heterocycles. The van der Waals surface area contributed by atoms with E-state index in [4.69, 9.17) is 0 Å². The molecule has 0 bridgehead atoms. The fourth-order valence-electron chi connectivity index (χ4n) is 4.85. The van der Waals surface area contributed by atoms with Crippen LogP contribution in [0.25, 0.3) is 32.1 Å². The van der Waals surface area contributed by atoms with Crippen LogP contribution in [-0.4, -0.2) is 0 Å². The maximum atomic E-state index is 2.42. The summed E-state index contributed by atoms with van der Waals surface area (Å²) in [4.78, 5) is 0. The molecule has 2 aromatic carbocycles. The number of nitrogens with zero attached hydrogens (tertiary/aromatic N) is 1. The van der Waals surface area contributed by atoms with E-state index in [0.717, 1.165) is 0 Å². The molecule has 0 N–H and O–H groups in total. The molecule has 0 atom stereocenters. The van der Waals surface area contributed by atoms with Gasteiger partial charge in [0.05, 0.1) is 10.9 Å². The number of fused-ring (bicyclic) bond motifs is 2. The van der Waals surface area contributed by atoms with Crippen LogP contribution >= 0.6 is 11.3 Å². The summed E-state index contributed by atoms with van der Waals surface area (Å²) in [6.07, 6.45) is 2.21. The van der Waals surface area contributed by atoms with E-state index in [1.54, 1.807) is 0 Å². The molecule has 0 unspecified atom stereocenters. The van der Waals surface area contributed by atoms with Gasteiger partial charge in [-0.05, 0) is 76.2 Å². The van der Waals surface area contributed by atoms with Gasteiger partial charge in [-0.3, -0.25) is 0 Å². The van der Waals surface area contributed by atoms with Crippen molar-refractivity contribution in [3.63, 3.8) is 0 Å². The molecule has 4 rings (SSSR count). The third-order valence-electron chi connectivity index (χ3n) is 6.04. The first-order chi connectivity index (χ1) is 13.4. The van der Waals surface area contributed by atoms with Crippen LogP contribution in [0.15, 0.2) is 54.0 Å². The zero-order valence-electron chi connectivity index (χ0n) is 17.8. The number of aryl methyl sites for hydroxylation is 2. The van der Waals surface area contributed by atoms with E-state index in [1.165, 1.54) is 43.2 Å². The highest BCUT2D eigenvalue weighted by atomic mass is 32.1. The smallest absolute Gasteiger partial charge is 0.200 e. The second-order valence-corrected chi connectivity index (χ2v) is 9.71. The molecule has 0 fully saturated rings. The molecule has 2 aromatic heterocycles. The van der Waals surface area contributed by atoms with Gasteiger partial charge < -0.3 is 0 Å². The molecule has 0 aliphatic rings. The first kappa shape index (κ1) is 19.1. The summed E-state index contributed by atoms with van der Waals surface area (Å²) in [6, 6.07) is 16.3. The largest absolute Gasteiger partial charge is 0.220 e. The van der Waals surface area contributed by atoms with Crippen LogP contribution in [-0.2, 0) is 7.05 Å². The minimum Gasteiger partial charge on any atom is -0.200 e. The normalized spacial score (nSPS) is 12.2. The summed E-state index contributed by atoms with van der Waals surface area (Å²) < 4.78 is 3.63. The van der Waals surface area contributed by atoms with E-state index in [-0.39, 0.29) is 0 Å². The lowest BCUT2D eigenvalue weighted by molar-refractivity contribution is -0.659.